The summed E-state index contributed by atoms with van der Waals surface area (Å²) in [6.07, 6.45) is 5.87. The van der Waals surface area contributed by atoms with E-state index in [1.807, 2.05) is 35.8 Å². The van der Waals surface area contributed by atoms with Crippen molar-refractivity contribution in [3.05, 3.63) is 106 Å². The van der Waals surface area contributed by atoms with Gasteiger partial charge in [-0.05, 0) is 72.7 Å². The van der Waals surface area contributed by atoms with Gasteiger partial charge in [0.1, 0.15) is 11.2 Å². The number of fused-ring (bicyclic) bond motifs is 1. The maximum Gasteiger partial charge on any atom is 0.257 e. The molecule has 182 valence electrons. The molecule has 36 heavy (non-hydrogen) atoms. The minimum Gasteiger partial charge on any atom is -0.513 e. The number of allylic oxidation sites excluding steroid dienone is 1. The molecular weight excluding hydrogens is 450 g/mol. The van der Waals surface area contributed by atoms with Gasteiger partial charge in [0.05, 0.1) is 11.1 Å². The van der Waals surface area contributed by atoms with E-state index in [-0.39, 0.29) is 34.6 Å². The topological polar surface area (TPSA) is 84.2 Å². The number of aromatic nitrogens is 2. The Hall–Kier alpha value is -4.19. The lowest BCUT2D eigenvalue weighted by atomic mass is 9.93. The number of nitrogens with zero attached hydrogens (tertiary/aromatic N) is 2. The fourth-order valence-electron chi connectivity index (χ4n) is 4.40. The van der Waals surface area contributed by atoms with Crippen molar-refractivity contribution in [3.63, 3.8) is 0 Å². The van der Waals surface area contributed by atoms with Crippen LogP contribution in [0.4, 0.5) is 0 Å². The van der Waals surface area contributed by atoms with Gasteiger partial charge in [0.15, 0.2) is 0 Å². The first kappa shape index (κ1) is 23.5. The Balaban J connectivity index is 1.56. The summed E-state index contributed by atoms with van der Waals surface area (Å²) >= 11 is 0. The van der Waals surface area contributed by atoms with Crippen molar-refractivity contribution in [3.8, 4) is 16.8 Å². The second-order valence-electron chi connectivity index (χ2n) is 9.65. The largest absolute Gasteiger partial charge is 0.513 e. The van der Waals surface area contributed by atoms with Gasteiger partial charge in [0, 0.05) is 30.0 Å². The molecule has 2 heterocycles. The second kappa shape index (κ2) is 9.46. The van der Waals surface area contributed by atoms with Gasteiger partial charge >= 0.3 is 0 Å². The molecule has 0 radical (unpaired) electrons. The molecule has 2 N–H and O–H groups in total. The van der Waals surface area contributed by atoms with Crippen molar-refractivity contribution in [1.29, 1.82) is 0 Å². The van der Waals surface area contributed by atoms with Gasteiger partial charge in [0.2, 0.25) is 5.43 Å². The van der Waals surface area contributed by atoms with E-state index in [0.29, 0.717) is 11.0 Å². The van der Waals surface area contributed by atoms with Crippen LogP contribution in [-0.4, -0.2) is 26.6 Å². The molecule has 2 aromatic carbocycles. The molecule has 1 fully saturated rings. The lowest BCUT2D eigenvalue weighted by Gasteiger charge is -2.15. The third kappa shape index (κ3) is 4.67. The van der Waals surface area contributed by atoms with Crippen LogP contribution >= 0.6 is 0 Å². The first-order valence-electron chi connectivity index (χ1n) is 12.2. The highest BCUT2D eigenvalue weighted by Gasteiger charge is 2.26. The molecule has 1 unspecified atom stereocenters. The highest BCUT2D eigenvalue weighted by molar-refractivity contribution is 5.97. The average molecular weight is 480 g/mol. The maximum absolute atomic E-state index is 13.1. The van der Waals surface area contributed by atoms with Crippen LogP contribution in [0, 0.1) is 12.8 Å². The number of benzene rings is 2. The van der Waals surface area contributed by atoms with Gasteiger partial charge in [-0.25, -0.2) is 4.98 Å². The average Bonchev–Trinajstić information content (AvgIpc) is 3.69. The van der Waals surface area contributed by atoms with E-state index in [0.717, 1.165) is 41.6 Å². The number of aryl methyl sites for hydroxylation is 1. The van der Waals surface area contributed by atoms with Crippen LogP contribution < -0.4 is 10.7 Å². The molecule has 1 aliphatic rings. The number of hydrogen-bond acceptors (Lipinski definition) is 4. The van der Waals surface area contributed by atoms with E-state index in [1.165, 1.54) is 5.56 Å². The molecule has 0 spiro atoms. The number of aliphatic hydroxyl groups is 1. The highest BCUT2D eigenvalue weighted by Crippen LogP contribution is 2.27. The molecule has 6 nitrogen and oxygen atoms in total. The minimum atomic E-state index is -0.343. The number of rotatable bonds is 7. The first-order valence-corrected chi connectivity index (χ1v) is 12.2. The van der Waals surface area contributed by atoms with Gasteiger partial charge in [-0.1, -0.05) is 43.8 Å². The molecule has 5 rings (SSSR count). The van der Waals surface area contributed by atoms with Crippen molar-refractivity contribution in [1.82, 2.24) is 14.9 Å². The summed E-state index contributed by atoms with van der Waals surface area (Å²) in [4.78, 5) is 30.4. The van der Waals surface area contributed by atoms with E-state index in [9.17, 15) is 14.7 Å². The van der Waals surface area contributed by atoms with Crippen LogP contribution in [0.1, 0.15) is 41.3 Å². The molecule has 2 aromatic heterocycles. The maximum atomic E-state index is 13.1. The van der Waals surface area contributed by atoms with Crippen molar-refractivity contribution < 1.29 is 9.90 Å². The number of aliphatic hydroxyl groups excluding tert-OH is 1. The Bertz CT molecular complexity index is 1550. The van der Waals surface area contributed by atoms with Gasteiger partial charge in [-0.3, -0.25) is 9.59 Å². The molecule has 0 bridgehead atoms. The predicted molar refractivity (Wildman–Crippen MR) is 143 cm³/mol. The molecular formula is C30H29N3O3. The zero-order chi connectivity index (χ0) is 25.4. The molecule has 0 aliphatic heterocycles. The predicted octanol–water partition coefficient (Wildman–Crippen LogP) is 5.50. The molecule has 1 amide bonds. The van der Waals surface area contributed by atoms with Crippen molar-refractivity contribution >= 4 is 16.9 Å². The zero-order valence-electron chi connectivity index (χ0n) is 20.5. The third-order valence-corrected chi connectivity index (χ3v) is 6.81. The fraction of sp³-hybridized carbons (Fsp3) is 0.233. The van der Waals surface area contributed by atoms with Crippen LogP contribution in [0.2, 0.25) is 0 Å². The summed E-state index contributed by atoms with van der Waals surface area (Å²) in [7, 11) is 0. The molecule has 6 heteroatoms. The lowest BCUT2D eigenvalue weighted by Crippen LogP contribution is -2.31. The van der Waals surface area contributed by atoms with E-state index in [4.69, 9.17) is 0 Å². The summed E-state index contributed by atoms with van der Waals surface area (Å²) in [6.45, 7) is 7.68. The fourth-order valence-corrected chi connectivity index (χ4v) is 4.40. The van der Waals surface area contributed by atoms with Crippen LogP contribution in [0.5, 0.6) is 0 Å². The summed E-state index contributed by atoms with van der Waals surface area (Å²) in [5.74, 6) is -0.159. The standard InChI is InChI=1S/C30H29N3O3/c1-18(20(3)34)14-21-9-10-23(15-19(21)2)22-6-4-7-25(16-22)33-17-27(30(36)32-24-11-12-24)28(35)26-8-5-13-31-29(26)33/h4-10,13,15-18,24,34H,3,11-12,14H2,1-2H3,(H,32,36). The minimum absolute atomic E-state index is 0.00893. The summed E-state index contributed by atoms with van der Waals surface area (Å²) in [6, 6.07) is 17.9. The second-order valence-corrected chi connectivity index (χ2v) is 9.65. The third-order valence-electron chi connectivity index (χ3n) is 6.81. The van der Waals surface area contributed by atoms with E-state index >= 15 is 0 Å². The number of amides is 1. The normalized spacial score (nSPS) is 13.9. The van der Waals surface area contributed by atoms with Crippen LogP contribution in [0.25, 0.3) is 27.8 Å². The smallest absolute Gasteiger partial charge is 0.257 e. The quantitative estimate of drug-likeness (QED) is 0.343. The van der Waals surface area contributed by atoms with Gasteiger partial charge < -0.3 is 15.0 Å². The molecule has 1 atom stereocenters. The van der Waals surface area contributed by atoms with Gasteiger partial charge in [0.25, 0.3) is 5.91 Å². The Morgan fingerprint density at radius 3 is 2.67 bits per heavy atom. The molecule has 0 saturated heterocycles. The number of nitrogens with one attached hydrogen (secondary N) is 1. The van der Waals surface area contributed by atoms with Crippen LogP contribution in [0.3, 0.4) is 0 Å². The molecule has 1 saturated carbocycles. The number of hydrogen-bond donors (Lipinski definition) is 2. The zero-order valence-corrected chi connectivity index (χ0v) is 20.5. The molecule has 4 aromatic rings. The number of carbonyl (C=O) groups excluding carboxylic acids is 1. The highest BCUT2D eigenvalue weighted by atomic mass is 16.3. The van der Waals surface area contributed by atoms with Crippen LogP contribution in [0.15, 0.2) is 84.1 Å². The Kier molecular flexibility index (Phi) is 6.18. The lowest BCUT2D eigenvalue weighted by molar-refractivity contribution is 0.0949. The summed E-state index contributed by atoms with van der Waals surface area (Å²) < 4.78 is 1.82. The van der Waals surface area contributed by atoms with Crippen molar-refractivity contribution in [2.75, 3.05) is 0 Å². The number of carbonyl (C=O) groups is 1. The van der Waals surface area contributed by atoms with E-state index in [1.54, 1.807) is 24.5 Å². The molecule has 1 aliphatic carbocycles. The first-order chi connectivity index (χ1) is 17.3. The van der Waals surface area contributed by atoms with Gasteiger partial charge in [-0.15, -0.1) is 0 Å². The van der Waals surface area contributed by atoms with Crippen LogP contribution in [-0.2, 0) is 6.42 Å². The number of pyridine rings is 2. The monoisotopic (exact) mass is 479 g/mol. The van der Waals surface area contributed by atoms with Crippen molar-refractivity contribution in [2.45, 2.75) is 39.2 Å². The van der Waals surface area contributed by atoms with E-state index < -0.39 is 0 Å². The Morgan fingerprint density at radius 1 is 1.17 bits per heavy atom. The van der Waals surface area contributed by atoms with Gasteiger partial charge in [-0.2, -0.15) is 0 Å². The summed E-state index contributed by atoms with van der Waals surface area (Å²) in [5, 5.41) is 13.0. The van der Waals surface area contributed by atoms with Crippen molar-refractivity contribution in [2.24, 2.45) is 5.92 Å². The Labute approximate surface area is 209 Å². The van der Waals surface area contributed by atoms with E-state index in [2.05, 4.69) is 42.0 Å². The summed E-state index contributed by atoms with van der Waals surface area (Å²) in [5.41, 5.74) is 5.49. The SMILES string of the molecule is C=C(O)C(C)Cc1ccc(-c2cccc(-n3cc(C(=O)NC4CC4)c(=O)c4cccnc43)c2)cc1C. The Morgan fingerprint density at radius 2 is 1.94 bits per heavy atom.